The Morgan fingerprint density at radius 3 is 1.34 bits per heavy atom. The SMILES string of the molecule is COc1cccc(OC)c1C(C)(c1ccc(O)c(-c2ccccc2)c1)c1ccc(O)c(-c2ccccc2)c1. The van der Waals surface area contributed by atoms with Crippen LogP contribution in [0.15, 0.2) is 115 Å². The number of benzene rings is 5. The molecule has 38 heavy (non-hydrogen) atoms. The highest BCUT2D eigenvalue weighted by molar-refractivity contribution is 5.75. The Bertz CT molecular complexity index is 1450. The van der Waals surface area contributed by atoms with Crippen molar-refractivity contribution in [3.63, 3.8) is 0 Å². The Morgan fingerprint density at radius 2 is 0.947 bits per heavy atom. The van der Waals surface area contributed by atoms with Crippen LogP contribution in [-0.2, 0) is 5.41 Å². The van der Waals surface area contributed by atoms with Crippen molar-refractivity contribution < 1.29 is 19.7 Å². The quantitative estimate of drug-likeness (QED) is 0.223. The summed E-state index contributed by atoms with van der Waals surface area (Å²) >= 11 is 0. The summed E-state index contributed by atoms with van der Waals surface area (Å²) in [4.78, 5) is 0. The third-order valence-electron chi connectivity index (χ3n) is 7.25. The lowest BCUT2D eigenvalue weighted by molar-refractivity contribution is 0.375. The minimum Gasteiger partial charge on any atom is -0.507 e. The first-order chi connectivity index (χ1) is 18.5. The second-order valence-electron chi connectivity index (χ2n) is 9.36. The molecule has 190 valence electrons. The zero-order chi connectivity index (χ0) is 26.7. The molecule has 0 fully saturated rings. The van der Waals surface area contributed by atoms with Gasteiger partial charge in [-0.15, -0.1) is 0 Å². The van der Waals surface area contributed by atoms with Crippen LogP contribution in [0.1, 0.15) is 23.6 Å². The molecular formula is C34H30O4. The fraction of sp³-hybridized carbons (Fsp3) is 0.118. The summed E-state index contributed by atoms with van der Waals surface area (Å²) in [6.45, 7) is 2.12. The number of methoxy groups -OCH3 is 2. The second-order valence-corrected chi connectivity index (χ2v) is 9.36. The number of hydrogen-bond donors (Lipinski definition) is 2. The van der Waals surface area contributed by atoms with Gasteiger partial charge in [0.1, 0.15) is 23.0 Å². The lowest BCUT2D eigenvalue weighted by Crippen LogP contribution is -2.27. The third-order valence-corrected chi connectivity index (χ3v) is 7.25. The first-order valence-corrected chi connectivity index (χ1v) is 12.5. The molecule has 5 rings (SSSR count). The van der Waals surface area contributed by atoms with Crippen LogP contribution in [0, 0.1) is 0 Å². The van der Waals surface area contributed by atoms with E-state index in [4.69, 9.17) is 9.47 Å². The molecule has 4 nitrogen and oxygen atoms in total. The minimum atomic E-state index is -0.785. The molecule has 4 heteroatoms. The van der Waals surface area contributed by atoms with E-state index in [1.807, 2.05) is 103 Å². The van der Waals surface area contributed by atoms with E-state index in [1.54, 1.807) is 26.4 Å². The Labute approximate surface area is 223 Å². The average Bonchev–Trinajstić information content (AvgIpc) is 2.97. The molecule has 2 N–H and O–H groups in total. The van der Waals surface area contributed by atoms with E-state index < -0.39 is 5.41 Å². The van der Waals surface area contributed by atoms with E-state index in [0.29, 0.717) is 11.5 Å². The molecule has 0 heterocycles. The smallest absolute Gasteiger partial charge is 0.127 e. The predicted molar refractivity (Wildman–Crippen MR) is 152 cm³/mol. The zero-order valence-corrected chi connectivity index (χ0v) is 21.7. The van der Waals surface area contributed by atoms with Crippen molar-refractivity contribution in [1.82, 2.24) is 0 Å². The molecule has 0 saturated carbocycles. The van der Waals surface area contributed by atoms with E-state index in [-0.39, 0.29) is 11.5 Å². The summed E-state index contributed by atoms with van der Waals surface area (Å²) in [6.07, 6.45) is 0. The summed E-state index contributed by atoms with van der Waals surface area (Å²) in [6, 6.07) is 36.8. The number of phenolic OH excluding ortho intramolecular Hbond substituents is 2. The highest BCUT2D eigenvalue weighted by Gasteiger charge is 2.38. The summed E-state index contributed by atoms with van der Waals surface area (Å²) in [5, 5.41) is 21.7. The van der Waals surface area contributed by atoms with Gasteiger partial charge in [0.05, 0.1) is 19.8 Å². The normalized spacial score (nSPS) is 11.2. The summed E-state index contributed by atoms with van der Waals surface area (Å²) in [5.41, 5.74) is 5.21. The van der Waals surface area contributed by atoms with Crippen LogP contribution in [0.2, 0.25) is 0 Å². The monoisotopic (exact) mass is 502 g/mol. The molecule has 0 aliphatic carbocycles. The molecule has 0 aromatic heterocycles. The number of hydrogen-bond acceptors (Lipinski definition) is 4. The maximum absolute atomic E-state index is 10.8. The Hall–Kier alpha value is -4.70. The standard InChI is InChI=1S/C34H30O4/c1-34(33-31(37-2)15-10-16-32(33)38-3,25-17-19-29(35)27(21-25)23-11-6-4-7-12-23)26-18-20-30(36)28(22-26)24-13-8-5-9-14-24/h4-22,35-36H,1-3H3. The lowest BCUT2D eigenvalue weighted by Gasteiger charge is -2.35. The van der Waals surface area contributed by atoms with Gasteiger partial charge in [0, 0.05) is 16.5 Å². The van der Waals surface area contributed by atoms with E-state index in [9.17, 15) is 10.2 Å². The lowest BCUT2D eigenvalue weighted by atomic mass is 9.69. The van der Waals surface area contributed by atoms with Crippen molar-refractivity contribution in [1.29, 1.82) is 0 Å². The van der Waals surface area contributed by atoms with Gasteiger partial charge in [0.15, 0.2) is 0 Å². The molecule has 5 aromatic rings. The van der Waals surface area contributed by atoms with Gasteiger partial charge in [-0.3, -0.25) is 0 Å². The van der Waals surface area contributed by atoms with Gasteiger partial charge in [-0.2, -0.15) is 0 Å². The van der Waals surface area contributed by atoms with Crippen molar-refractivity contribution in [2.75, 3.05) is 14.2 Å². The van der Waals surface area contributed by atoms with Crippen LogP contribution < -0.4 is 9.47 Å². The van der Waals surface area contributed by atoms with Gasteiger partial charge in [-0.25, -0.2) is 0 Å². The van der Waals surface area contributed by atoms with Gasteiger partial charge in [-0.1, -0.05) is 78.9 Å². The zero-order valence-electron chi connectivity index (χ0n) is 21.7. The molecule has 5 aromatic carbocycles. The number of ether oxygens (including phenoxy) is 2. The molecule has 0 bridgehead atoms. The maximum atomic E-state index is 10.8. The second kappa shape index (κ2) is 10.3. The summed E-state index contributed by atoms with van der Waals surface area (Å²) < 4.78 is 11.8. The molecule has 0 saturated heterocycles. The maximum Gasteiger partial charge on any atom is 0.127 e. The van der Waals surface area contributed by atoms with Crippen LogP contribution in [0.3, 0.4) is 0 Å². The molecule has 0 aliphatic rings. The number of phenols is 2. The summed E-state index contributed by atoms with van der Waals surface area (Å²) in [7, 11) is 3.30. The van der Waals surface area contributed by atoms with Crippen molar-refractivity contribution in [2.45, 2.75) is 12.3 Å². The molecule has 0 atom stereocenters. The van der Waals surface area contributed by atoms with E-state index in [2.05, 4.69) is 6.92 Å². The number of aromatic hydroxyl groups is 2. The van der Waals surface area contributed by atoms with E-state index in [0.717, 1.165) is 38.9 Å². The van der Waals surface area contributed by atoms with Crippen molar-refractivity contribution in [3.8, 4) is 45.3 Å². The van der Waals surface area contributed by atoms with E-state index >= 15 is 0 Å². The van der Waals surface area contributed by atoms with Crippen molar-refractivity contribution >= 4 is 0 Å². The van der Waals surface area contributed by atoms with E-state index in [1.165, 1.54) is 0 Å². The largest absolute Gasteiger partial charge is 0.507 e. The molecule has 0 amide bonds. The summed E-state index contributed by atoms with van der Waals surface area (Å²) in [5.74, 6) is 1.75. The first-order valence-electron chi connectivity index (χ1n) is 12.5. The van der Waals surface area contributed by atoms with Gasteiger partial charge in [0.25, 0.3) is 0 Å². The van der Waals surface area contributed by atoms with Gasteiger partial charge in [0.2, 0.25) is 0 Å². The Balaban J connectivity index is 1.83. The highest BCUT2D eigenvalue weighted by Crippen LogP contribution is 2.50. The van der Waals surface area contributed by atoms with Crippen LogP contribution in [-0.4, -0.2) is 24.4 Å². The molecule has 0 radical (unpaired) electrons. The number of rotatable bonds is 7. The van der Waals surface area contributed by atoms with Gasteiger partial charge < -0.3 is 19.7 Å². The predicted octanol–water partition coefficient (Wildman–Crippen LogP) is 7.80. The fourth-order valence-electron chi connectivity index (χ4n) is 5.19. The molecule has 0 aliphatic heterocycles. The minimum absolute atomic E-state index is 0.199. The third kappa shape index (κ3) is 4.35. The van der Waals surface area contributed by atoms with Crippen molar-refractivity contribution in [3.05, 3.63) is 132 Å². The van der Waals surface area contributed by atoms with Gasteiger partial charge in [-0.05, 0) is 65.6 Å². The Morgan fingerprint density at radius 1 is 0.526 bits per heavy atom. The average molecular weight is 503 g/mol. The van der Waals surface area contributed by atoms with Crippen LogP contribution in [0.25, 0.3) is 22.3 Å². The van der Waals surface area contributed by atoms with Crippen LogP contribution >= 0.6 is 0 Å². The Kier molecular flexibility index (Phi) is 6.80. The topological polar surface area (TPSA) is 58.9 Å². The van der Waals surface area contributed by atoms with Crippen LogP contribution in [0.4, 0.5) is 0 Å². The van der Waals surface area contributed by atoms with Crippen LogP contribution in [0.5, 0.6) is 23.0 Å². The highest BCUT2D eigenvalue weighted by atomic mass is 16.5. The molecular weight excluding hydrogens is 472 g/mol. The first kappa shape index (κ1) is 25.0. The molecule has 0 spiro atoms. The van der Waals surface area contributed by atoms with Crippen molar-refractivity contribution in [2.24, 2.45) is 0 Å². The van der Waals surface area contributed by atoms with Gasteiger partial charge >= 0.3 is 0 Å². The molecule has 0 unspecified atom stereocenters. The fourth-order valence-corrected chi connectivity index (χ4v) is 5.19.